The highest BCUT2D eigenvalue weighted by atomic mass is 19.4. The van der Waals surface area contributed by atoms with Gasteiger partial charge in [0.2, 0.25) is 0 Å². The summed E-state index contributed by atoms with van der Waals surface area (Å²) in [5.74, 6) is 0.879. The molecule has 0 aliphatic heterocycles. The number of ether oxygens (including phenoxy) is 2. The van der Waals surface area contributed by atoms with Gasteiger partial charge in [0.1, 0.15) is 5.75 Å². The first-order chi connectivity index (χ1) is 16.4. The molecular formula is C25H21F3N4O2. The molecule has 0 saturated heterocycles. The fourth-order valence-electron chi connectivity index (χ4n) is 3.33. The van der Waals surface area contributed by atoms with Gasteiger partial charge in [0, 0.05) is 41.8 Å². The van der Waals surface area contributed by atoms with Crippen molar-refractivity contribution in [3.63, 3.8) is 0 Å². The summed E-state index contributed by atoms with van der Waals surface area (Å²) in [6.45, 7) is -0.423. The molecule has 4 rings (SSSR count). The average molecular weight is 466 g/mol. The normalized spacial score (nSPS) is 11.3. The first-order valence-electron chi connectivity index (χ1n) is 10.5. The topological polar surface area (TPSA) is 70.0 Å². The zero-order valence-corrected chi connectivity index (χ0v) is 18.3. The number of halogens is 3. The van der Waals surface area contributed by atoms with E-state index in [0.717, 1.165) is 27.9 Å². The molecule has 0 aliphatic carbocycles. The van der Waals surface area contributed by atoms with Crippen LogP contribution in [0.4, 0.5) is 13.2 Å². The van der Waals surface area contributed by atoms with Gasteiger partial charge in [-0.15, -0.1) is 0 Å². The Morgan fingerprint density at radius 1 is 0.853 bits per heavy atom. The van der Waals surface area contributed by atoms with E-state index >= 15 is 0 Å². The molecule has 0 amide bonds. The molecular weight excluding hydrogens is 445 g/mol. The summed E-state index contributed by atoms with van der Waals surface area (Å²) >= 11 is 0. The zero-order chi connectivity index (χ0) is 24.0. The number of aromatic nitrogens is 4. The lowest BCUT2D eigenvalue weighted by Crippen LogP contribution is -2.12. The molecule has 174 valence electrons. The maximum atomic E-state index is 12.3. The number of methoxy groups -OCH3 is 1. The molecule has 0 radical (unpaired) electrons. The van der Waals surface area contributed by atoms with Crippen LogP contribution in [0.5, 0.6) is 11.8 Å². The molecule has 0 aliphatic rings. The van der Waals surface area contributed by atoms with Gasteiger partial charge in [-0.05, 0) is 41.5 Å². The van der Waals surface area contributed by atoms with Gasteiger partial charge in [0.05, 0.1) is 20.1 Å². The molecule has 0 N–H and O–H groups in total. The summed E-state index contributed by atoms with van der Waals surface area (Å²) in [5, 5.41) is 0. The molecule has 0 saturated carbocycles. The molecule has 0 fully saturated rings. The Hall–Kier alpha value is -4.01. The maximum absolute atomic E-state index is 12.3. The van der Waals surface area contributed by atoms with Gasteiger partial charge in [-0.1, -0.05) is 24.3 Å². The highest BCUT2D eigenvalue weighted by Crippen LogP contribution is 2.26. The SMILES string of the molecule is COc1ncc(-c2ccccc2Cc2ccnc(-c3ccc(OCCC(F)(F)F)cc3)n2)cn1. The molecule has 0 bridgehead atoms. The smallest absolute Gasteiger partial charge is 0.392 e. The van der Waals surface area contributed by atoms with Crippen LogP contribution in [0.15, 0.2) is 73.2 Å². The van der Waals surface area contributed by atoms with E-state index in [9.17, 15) is 13.2 Å². The minimum atomic E-state index is -4.24. The monoisotopic (exact) mass is 466 g/mol. The van der Waals surface area contributed by atoms with E-state index in [1.54, 1.807) is 42.9 Å². The maximum Gasteiger partial charge on any atom is 0.392 e. The first-order valence-corrected chi connectivity index (χ1v) is 10.5. The van der Waals surface area contributed by atoms with E-state index in [2.05, 4.69) is 19.9 Å². The molecule has 6 nitrogen and oxygen atoms in total. The van der Waals surface area contributed by atoms with Crippen molar-refractivity contribution >= 4 is 0 Å². The third-order valence-electron chi connectivity index (χ3n) is 4.99. The lowest BCUT2D eigenvalue weighted by atomic mass is 9.98. The highest BCUT2D eigenvalue weighted by Gasteiger charge is 2.26. The van der Waals surface area contributed by atoms with E-state index in [0.29, 0.717) is 24.0 Å². The Morgan fingerprint density at radius 2 is 1.59 bits per heavy atom. The van der Waals surface area contributed by atoms with Gasteiger partial charge in [-0.2, -0.15) is 13.2 Å². The van der Waals surface area contributed by atoms with Crippen LogP contribution in [0.2, 0.25) is 0 Å². The van der Waals surface area contributed by atoms with Crippen molar-refractivity contribution in [3.8, 4) is 34.3 Å². The van der Waals surface area contributed by atoms with E-state index in [-0.39, 0.29) is 0 Å². The van der Waals surface area contributed by atoms with Gasteiger partial charge >= 0.3 is 12.2 Å². The van der Waals surface area contributed by atoms with Crippen LogP contribution in [0.1, 0.15) is 17.7 Å². The Kier molecular flexibility index (Phi) is 7.01. The first kappa shape index (κ1) is 23.2. The molecule has 2 aromatic heterocycles. The number of hydrogen-bond acceptors (Lipinski definition) is 6. The van der Waals surface area contributed by atoms with Crippen molar-refractivity contribution in [1.82, 2.24) is 19.9 Å². The van der Waals surface area contributed by atoms with Crippen molar-refractivity contribution in [3.05, 3.63) is 84.4 Å². The fraction of sp³-hybridized carbons (Fsp3) is 0.200. The van der Waals surface area contributed by atoms with Crippen LogP contribution in [0.25, 0.3) is 22.5 Å². The number of alkyl halides is 3. The average Bonchev–Trinajstić information content (AvgIpc) is 2.84. The molecule has 0 atom stereocenters. The van der Waals surface area contributed by atoms with Gasteiger partial charge < -0.3 is 9.47 Å². The summed E-state index contributed by atoms with van der Waals surface area (Å²) in [4.78, 5) is 17.4. The predicted octanol–water partition coefficient (Wildman–Crippen LogP) is 5.53. The van der Waals surface area contributed by atoms with Crippen molar-refractivity contribution in [2.75, 3.05) is 13.7 Å². The fourth-order valence-corrected chi connectivity index (χ4v) is 3.33. The molecule has 4 aromatic rings. The third-order valence-corrected chi connectivity index (χ3v) is 4.99. The van der Waals surface area contributed by atoms with Crippen LogP contribution in [0.3, 0.4) is 0 Å². The van der Waals surface area contributed by atoms with E-state index in [1.807, 2.05) is 30.3 Å². The van der Waals surface area contributed by atoms with E-state index in [1.165, 1.54) is 7.11 Å². The number of rotatable bonds is 8. The Bertz CT molecular complexity index is 1230. The molecule has 0 unspecified atom stereocenters. The minimum absolute atomic E-state index is 0.304. The van der Waals surface area contributed by atoms with Crippen LogP contribution in [0, 0.1) is 0 Å². The van der Waals surface area contributed by atoms with Crippen molar-refractivity contribution in [2.45, 2.75) is 19.0 Å². The van der Waals surface area contributed by atoms with Crippen molar-refractivity contribution in [2.24, 2.45) is 0 Å². The molecule has 2 aromatic carbocycles. The molecule has 0 spiro atoms. The highest BCUT2D eigenvalue weighted by molar-refractivity contribution is 5.66. The van der Waals surface area contributed by atoms with Gasteiger partial charge in [-0.3, -0.25) is 0 Å². The third kappa shape index (κ3) is 6.06. The summed E-state index contributed by atoms with van der Waals surface area (Å²) in [7, 11) is 1.52. The standard InChI is InChI=1S/C25H21F3N4O2/c1-33-24-30-15-19(16-31-24)22-5-3-2-4-18(22)14-20-10-12-29-23(32-20)17-6-8-21(9-7-17)34-13-11-25(26,27)28/h2-10,12,15-16H,11,13-14H2,1H3. The van der Waals surface area contributed by atoms with Crippen molar-refractivity contribution in [1.29, 1.82) is 0 Å². The minimum Gasteiger partial charge on any atom is -0.493 e. The quantitative estimate of drug-likeness (QED) is 0.340. The lowest BCUT2D eigenvalue weighted by Gasteiger charge is -2.11. The summed E-state index contributed by atoms with van der Waals surface area (Å²) in [5.41, 5.74) is 4.46. The predicted molar refractivity (Wildman–Crippen MR) is 120 cm³/mol. The number of benzene rings is 2. The van der Waals surface area contributed by atoms with Crippen LogP contribution in [-0.2, 0) is 6.42 Å². The Balaban J connectivity index is 1.49. The van der Waals surface area contributed by atoms with Crippen LogP contribution in [-0.4, -0.2) is 39.8 Å². The van der Waals surface area contributed by atoms with Gasteiger partial charge in [0.15, 0.2) is 5.82 Å². The van der Waals surface area contributed by atoms with E-state index in [4.69, 9.17) is 9.47 Å². The summed E-state index contributed by atoms with van der Waals surface area (Å²) in [6.07, 6.45) is 0.445. The Labute approximate surface area is 194 Å². The van der Waals surface area contributed by atoms with Crippen LogP contribution >= 0.6 is 0 Å². The van der Waals surface area contributed by atoms with Crippen molar-refractivity contribution < 1.29 is 22.6 Å². The van der Waals surface area contributed by atoms with Gasteiger partial charge in [-0.25, -0.2) is 19.9 Å². The molecule has 34 heavy (non-hydrogen) atoms. The second kappa shape index (κ2) is 10.3. The Morgan fingerprint density at radius 3 is 2.29 bits per heavy atom. The molecule has 9 heteroatoms. The summed E-state index contributed by atoms with van der Waals surface area (Å²) < 4.78 is 47.0. The zero-order valence-electron chi connectivity index (χ0n) is 18.3. The largest absolute Gasteiger partial charge is 0.493 e. The number of nitrogens with zero attached hydrogens (tertiary/aromatic N) is 4. The van der Waals surface area contributed by atoms with E-state index < -0.39 is 19.2 Å². The van der Waals surface area contributed by atoms with Gasteiger partial charge in [0.25, 0.3) is 0 Å². The lowest BCUT2D eigenvalue weighted by molar-refractivity contribution is -0.139. The second-order valence-electron chi connectivity index (χ2n) is 7.40. The van der Waals surface area contributed by atoms with Crippen LogP contribution < -0.4 is 9.47 Å². The second-order valence-corrected chi connectivity index (χ2v) is 7.40. The molecule has 2 heterocycles. The number of hydrogen-bond donors (Lipinski definition) is 0. The summed E-state index contributed by atoms with van der Waals surface area (Å²) in [6, 6.07) is 16.8.